The van der Waals surface area contributed by atoms with E-state index in [-0.39, 0.29) is 5.91 Å². The van der Waals surface area contributed by atoms with Gasteiger partial charge in [0.2, 0.25) is 11.8 Å². The number of halogens is 1. The van der Waals surface area contributed by atoms with E-state index in [0.717, 1.165) is 24.3 Å². The lowest BCUT2D eigenvalue weighted by Crippen LogP contribution is -2.40. The highest BCUT2D eigenvalue weighted by Gasteiger charge is 2.25. The lowest BCUT2D eigenvalue weighted by atomic mass is 9.87. The number of hydrogen-bond acceptors (Lipinski definition) is 5. The fourth-order valence-corrected chi connectivity index (χ4v) is 3.85. The van der Waals surface area contributed by atoms with Crippen LogP contribution in [0.2, 0.25) is 5.02 Å². The van der Waals surface area contributed by atoms with Gasteiger partial charge in [0.05, 0.1) is 5.75 Å². The number of rotatable bonds is 5. The number of nitrogens with zero attached hydrogens (tertiary/aromatic N) is 3. The van der Waals surface area contributed by atoms with Crippen molar-refractivity contribution in [2.75, 3.05) is 12.8 Å². The highest BCUT2D eigenvalue weighted by atomic mass is 35.5. The van der Waals surface area contributed by atoms with Gasteiger partial charge in [0.25, 0.3) is 5.22 Å². The van der Waals surface area contributed by atoms with E-state index in [1.807, 2.05) is 24.1 Å². The van der Waals surface area contributed by atoms with E-state index in [4.69, 9.17) is 16.0 Å². The Balaban J connectivity index is 1.53. The first kappa shape index (κ1) is 18.3. The predicted molar refractivity (Wildman–Crippen MR) is 99.7 cm³/mol. The van der Waals surface area contributed by atoms with Gasteiger partial charge >= 0.3 is 0 Å². The zero-order valence-corrected chi connectivity index (χ0v) is 16.0. The van der Waals surface area contributed by atoms with Crippen LogP contribution in [0.15, 0.2) is 33.9 Å². The molecule has 1 aliphatic rings. The Kier molecular flexibility index (Phi) is 6.02. The molecule has 2 aromatic rings. The van der Waals surface area contributed by atoms with Crippen LogP contribution in [-0.4, -0.2) is 39.8 Å². The first-order valence-corrected chi connectivity index (χ1v) is 9.87. The largest absolute Gasteiger partial charge is 0.411 e. The Bertz CT molecular complexity index is 711. The average molecular weight is 380 g/mol. The van der Waals surface area contributed by atoms with Crippen molar-refractivity contribution < 1.29 is 9.21 Å². The van der Waals surface area contributed by atoms with Crippen LogP contribution < -0.4 is 0 Å². The fraction of sp³-hybridized carbons (Fsp3) is 0.500. The summed E-state index contributed by atoms with van der Waals surface area (Å²) in [6.07, 6.45) is 4.58. The molecule has 0 unspecified atom stereocenters. The van der Waals surface area contributed by atoms with Gasteiger partial charge in [-0.25, -0.2) is 0 Å². The highest BCUT2D eigenvalue weighted by Crippen LogP contribution is 2.28. The number of carbonyl (C=O) groups is 1. The maximum absolute atomic E-state index is 12.4. The minimum Gasteiger partial charge on any atom is -0.411 e. The molecule has 1 fully saturated rings. The van der Waals surface area contributed by atoms with E-state index in [9.17, 15) is 4.79 Å². The van der Waals surface area contributed by atoms with Crippen molar-refractivity contribution in [3.63, 3.8) is 0 Å². The zero-order chi connectivity index (χ0) is 17.8. The number of benzene rings is 1. The molecular formula is C18H22ClN3O2S. The molecule has 25 heavy (non-hydrogen) atoms. The summed E-state index contributed by atoms with van der Waals surface area (Å²) in [4.78, 5) is 14.3. The third-order valence-electron chi connectivity index (χ3n) is 4.74. The molecule has 5 nitrogen and oxygen atoms in total. The van der Waals surface area contributed by atoms with Crippen molar-refractivity contribution in [1.82, 2.24) is 15.1 Å². The number of hydrogen-bond donors (Lipinski definition) is 0. The minimum absolute atomic E-state index is 0.107. The van der Waals surface area contributed by atoms with Gasteiger partial charge in [-0.1, -0.05) is 30.3 Å². The summed E-state index contributed by atoms with van der Waals surface area (Å²) in [5.41, 5.74) is 0.809. The molecule has 1 aliphatic carbocycles. The molecule has 0 atom stereocenters. The van der Waals surface area contributed by atoms with Gasteiger partial charge in [-0.15, -0.1) is 10.2 Å². The van der Waals surface area contributed by atoms with Crippen LogP contribution in [0.3, 0.4) is 0 Å². The molecule has 0 spiro atoms. The molecule has 0 bridgehead atoms. The molecule has 3 rings (SSSR count). The number of amides is 1. The minimum atomic E-state index is 0.107. The maximum atomic E-state index is 12.4. The van der Waals surface area contributed by atoms with Gasteiger partial charge in [0.1, 0.15) is 0 Å². The third-order valence-corrected chi connectivity index (χ3v) is 5.80. The lowest BCUT2D eigenvalue weighted by Gasteiger charge is -2.33. The van der Waals surface area contributed by atoms with Crippen LogP contribution in [0.5, 0.6) is 0 Å². The van der Waals surface area contributed by atoms with E-state index >= 15 is 0 Å². The third kappa shape index (κ3) is 4.76. The number of thioether (sulfide) groups is 1. The summed E-state index contributed by atoms with van der Waals surface area (Å²) < 4.78 is 5.63. The maximum Gasteiger partial charge on any atom is 0.277 e. The Hall–Kier alpha value is -1.53. The van der Waals surface area contributed by atoms with Crippen LogP contribution in [0.25, 0.3) is 11.5 Å². The van der Waals surface area contributed by atoms with Crippen molar-refractivity contribution in [3.8, 4) is 11.5 Å². The number of aromatic nitrogens is 2. The first-order chi connectivity index (χ1) is 12.0. The van der Waals surface area contributed by atoms with Gasteiger partial charge in [-0.3, -0.25) is 4.79 Å². The van der Waals surface area contributed by atoms with E-state index in [1.165, 1.54) is 24.6 Å². The van der Waals surface area contributed by atoms with Crippen molar-refractivity contribution in [1.29, 1.82) is 0 Å². The molecule has 134 valence electrons. The first-order valence-electron chi connectivity index (χ1n) is 8.51. The zero-order valence-electron chi connectivity index (χ0n) is 14.4. The summed E-state index contributed by atoms with van der Waals surface area (Å²) >= 11 is 7.16. The molecule has 7 heteroatoms. The molecule has 1 aromatic heterocycles. The second kappa shape index (κ2) is 8.23. The smallest absolute Gasteiger partial charge is 0.277 e. The Morgan fingerprint density at radius 2 is 1.92 bits per heavy atom. The average Bonchev–Trinajstić information content (AvgIpc) is 3.09. The van der Waals surface area contributed by atoms with Crippen LogP contribution in [0.4, 0.5) is 0 Å². The van der Waals surface area contributed by atoms with Crippen LogP contribution >= 0.6 is 23.4 Å². The standard InChI is InChI=1S/C18H22ClN3O2S/c1-12-3-9-15(10-4-12)22(2)16(23)11-25-18-21-20-17(24-18)13-5-7-14(19)8-6-13/h5-8,12,15H,3-4,9-11H2,1-2H3. The molecule has 0 radical (unpaired) electrons. The lowest BCUT2D eigenvalue weighted by molar-refractivity contribution is -0.129. The monoisotopic (exact) mass is 379 g/mol. The van der Waals surface area contributed by atoms with Crippen molar-refractivity contribution in [3.05, 3.63) is 29.3 Å². The fourth-order valence-electron chi connectivity index (χ4n) is 3.04. The van der Waals surface area contributed by atoms with Crippen molar-refractivity contribution in [2.24, 2.45) is 5.92 Å². The van der Waals surface area contributed by atoms with Crippen LogP contribution in [0, 0.1) is 5.92 Å². The van der Waals surface area contributed by atoms with Crippen LogP contribution in [0.1, 0.15) is 32.6 Å². The topological polar surface area (TPSA) is 59.2 Å². The van der Waals surface area contributed by atoms with Crippen molar-refractivity contribution in [2.45, 2.75) is 43.9 Å². The molecular weight excluding hydrogens is 358 g/mol. The Morgan fingerprint density at radius 3 is 2.60 bits per heavy atom. The molecule has 1 aromatic carbocycles. The summed E-state index contributed by atoms with van der Waals surface area (Å²) in [5.74, 6) is 1.63. The molecule has 0 N–H and O–H groups in total. The summed E-state index contributed by atoms with van der Waals surface area (Å²) in [6, 6.07) is 7.56. The Labute approximate surface area is 157 Å². The van der Waals surface area contributed by atoms with Crippen molar-refractivity contribution >= 4 is 29.3 Å². The second-order valence-electron chi connectivity index (χ2n) is 6.59. The highest BCUT2D eigenvalue weighted by molar-refractivity contribution is 7.99. The van der Waals surface area contributed by atoms with Gasteiger partial charge in [-0.2, -0.15) is 0 Å². The predicted octanol–water partition coefficient (Wildman–Crippen LogP) is 4.52. The SMILES string of the molecule is CC1CCC(N(C)C(=O)CSc2nnc(-c3ccc(Cl)cc3)o2)CC1. The van der Waals surface area contributed by atoms with Gasteiger partial charge in [0, 0.05) is 23.7 Å². The summed E-state index contributed by atoms with van der Waals surface area (Å²) in [5, 5.41) is 9.11. The Morgan fingerprint density at radius 1 is 1.24 bits per heavy atom. The molecule has 1 amide bonds. The van der Waals surface area contributed by atoms with Gasteiger partial charge in [0.15, 0.2) is 0 Å². The summed E-state index contributed by atoms with van der Waals surface area (Å²) in [6.45, 7) is 2.28. The van der Waals surface area contributed by atoms with Gasteiger partial charge < -0.3 is 9.32 Å². The second-order valence-corrected chi connectivity index (χ2v) is 7.95. The van der Waals surface area contributed by atoms with Gasteiger partial charge in [-0.05, 0) is 55.9 Å². The van der Waals surface area contributed by atoms with E-state index < -0.39 is 0 Å². The summed E-state index contributed by atoms with van der Waals surface area (Å²) in [7, 11) is 1.90. The molecule has 1 saturated carbocycles. The molecule has 0 aliphatic heterocycles. The molecule has 1 heterocycles. The quantitative estimate of drug-likeness (QED) is 0.715. The number of carbonyl (C=O) groups excluding carboxylic acids is 1. The van der Waals surface area contributed by atoms with E-state index in [1.54, 1.807) is 12.1 Å². The van der Waals surface area contributed by atoms with E-state index in [0.29, 0.717) is 27.9 Å². The van der Waals surface area contributed by atoms with Crippen LogP contribution in [-0.2, 0) is 4.79 Å². The molecule has 0 saturated heterocycles. The van der Waals surface area contributed by atoms with E-state index in [2.05, 4.69) is 17.1 Å². The normalized spacial score (nSPS) is 20.4.